The van der Waals surface area contributed by atoms with E-state index in [4.69, 9.17) is 4.74 Å². The maximum absolute atomic E-state index is 11.7. The van der Waals surface area contributed by atoms with Gasteiger partial charge in [0, 0.05) is 6.07 Å². The van der Waals surface area contributed by atoms with Crippen molar-refractivity contribution in [1.29, 1.82) is 0 Å². The summed E-state index contributed by atoms with van der Waals surface area (Å²) in [6, 6.07) is 4.48. The number of carbonyl (C=O) groups is 2. The van der Waals surface area contributed by atoms with E-state index in [2.05, 4.69) is 5.32 Å². The lowest BCUT2D eigenvalue weighted by Gasteiger charge is -2.07. The van der Waals surface area contributed by atoms with Gasteiger partial charge in [-0.25, -0.2) is 0 Å². The Kier molecular flexibility index (Phi) is 4.21. The zero-order valence-corrected chi connectivity index (χ0v) is 11.8. The Balaban J connectivity index is 1.93. The molecule has 1 saturated carbocycles. The molecule has 1 amide bonds. The first kappa shape index (κ1) is 15.0. The lowest BCUT2D eigenvalue weighted by Crippen LogP contribution is -2.22. The lowest BCUT2D eigenvalue weighted by atomic mass is 10.2. The quantitative estimate of drug-likeness (QED) is 0.508. The average molecular weight is 292 g/mol. The van der Waals surface area contributed by atoms with Gasteiger partial charge in [-0.3, -0.25) is 19.7 Å². The van der Waals surface area contributed by atoms with Crippen LogP contribution in [-0.4, -0.2) is 23.4 Å². The third kappa shape index (κ3) is 3.77. The van der Waals surface area contributed by atoms with Crippen LogP contribution in [0.3, 0.4) is 0 Å². The van der Waals surface area contributed by atoms with Crippen LogP contribution in [0.4, 0.5) is 11.4 Å². The van der Waals surface area contributed by atoms with E-state index in [1.807, 2.05) is 6.92 Å². The largest absolute Gasteiger partial charge is 0.455 e. The number of benzene rings is 1. The Morgan fingerprint density at radius 1 is 1.48 bits per heavy atom. The minimum absolute atomic E-state index is 0.0893. The van der Waals surface area contributed by atoms with Crippen LogP contribution in [0.5, 0.6) is 0 Å². The lowest BCUT2D eigenvalue weighted by molar-refractivity contribution is -0.384. The van der Waals surface area contributed by atoms with Crippen LogP contribution < -0.4 is 5.32 Å². The van der Waals surface area contributed by atoms with Crippen LogP contribution in [0.2, 0.25) is 0 Å². The molecule has 0 aliphatic heterocycles. The van der Waals surface area contributed by atoms with E-state index in [9.17, 15) is 19.7 Å². The number of carbonyl (C=O) groups excluding carboxylic acids is 2. The van der Waals surface area contributed by atoms with Crippen molar-refractivity contribution >= 4 is 23.3 Å². The highest BCUT2D eigenvalue weighted by molar-refractivity contribution is 5.95. The normalized spacial score (nSPS) is 19.7. The molecule has 0 heterocycles. The maximum atomic E-state index is 11.7. The van der Waals surface area contributed by atoms with Crippen LogP contribution in [0.25, 0.3) is 0 Å². The summed E-state index contributed by atoms with van der Waals surface area (Å²) in [7, 11) is 0. The summed E-state index contributed by atoms with van der Waals surface area (Å²) in [5.41, 5.74) is 0.616. The molecule has 7 heteroatoms. The average Bonchev–Trinajstić information content (AvgIpc) is 3.15. The topological polar surface area (TPSA) is 98.5 Å². The number of anilines is 1. The van der Waals surface area contributed by atoms with Gasteiger partial charge in [0.15, 0.2) is 6.61 Å². The molecule has 0 spiro atoms. The summed E-state index contributed by atoms with van der Waals surface area (Å²) in [4.78, 5) is 33.5. The zero-order valence-electron chi connectivity index (χ0n) is 11.8. The first-order chi connectivity index (χ1) is 9.88. The van der Waals surface area contributed by atoms with Crippen molar-refractivity contribution in [3.63, 3.8) is 0 Å². The SMILES string of the molecule is Cc1ccc(NC(=O)COC(=O)[C@H]2C[C@H]2C)c([N+](=O)[O-])c1. The van der Waals surface area contributed by atoms with Crippen molar-refractivity contribution in [2.75, 3.05) is 11.9 Å². The summed E-state index contributed by atoms with van der Waals surface area (Å²) < 4.78 is 4.87. The predicted molar refractivity (Wildman–Crippen MR) is 74.7 cm³/mol. The molecule has 0 aromatic heterocycles. The van der Waals surface area contributed by atoms with Gasteiger partial charge in [0.2, 0.25) is 0 Å². The van der Waals surface area contributed by atoms with Crippen molar-refractivity contribution in [3.05, 3.63) is 33.9 Å². The third-order valence-electron chi connectivity index (χ3n) is 3.38. The molecule has 1 aliphatic rings. The van der Waals surface area contributed by atoms with E-state index in [0.29, 0.717) is 11.5 Å². The smallest absolute Gasteiger partial charge is 0.309 e. The number of amides is 1. The van der Waals surface area contributed by atoms with Crippen LogP contribution in [0, 0.1) is 28.9 Å². The Hall–Kier alpha value is -2.44. The fourth-order valence-electron chi connectivity index (χ4n) is 1.98. The molecule has 0 bridgehead atoms. The summed E-state index contributed by atoms with van der Waals surface area (Å²) in [6.45, 7) is 3.21. The second-order valence-corrected chi connectivity index (χ2v) is 5.25. The zero-order chi connectivity index (χ0) is 15.6. The van der Waals surface area contributed by atoms with Crippen LogP contribution >= 0.6 is 0 Å². The Morgan fingerprint density at radius 3 is 2.71 bits per heavy atom. The number of nitrogens with zero attached hydrogens (tertiary/aromatic N) is 1. The highest BCUT2D eigenvalue weighted by Crippen LogP contribution is 2.38. The molecule has 1 aliphatic carbocycles. The van der Waals surface area contributed by atoms with E-state index in [-0.39, 0.29) is 17.3 Å². The number of aryl methyl sites for hydroxylation is 1. The van der Waals surface area contributed by atoms with Crippen LogP contribution in [0.15, 0.2) is 18.2 Å². The number of nitro benzene ring substituents is 1. The first-order valence-corrected chi connectivity index (χ1v) is 6.60. The molecule has 7 nitrogen and oxygen atoms in total. The van der Waals surface area contributed by atoms with Gasteiger partial charge in [-0.15, -0.1) is 0 Å². The number of esters is 1. The molecular formula is C14H16N2O5. The number of rotatable bonds is 5. The van der Waals surface area contributed by atoms with Crippen molar-refractivity contribution in [1.82, 2.24) is 0 Å². The highest BCUT2D eigenvalue weighted by atomic mass is 16.6. The summed E-state index contributed by atoms with van der Waals surface area (Å²) in [5, 5.41) is 13.3. The molecule has 2 atom stereocenters. The summed E-state index contributed by atoms with van der Waals surface area (Å²) >= 11 is 0. The minimum atomic E-state index is -0.594. The van der Waals surface area contributed by atoms with Crippen LogP contribution in [-0.2, 0) is 14.3 Å². The first-order valence-electron chi connectivity index (χ1n) is 6.60. The van der Waals surface area contributed by atoms with E-state index < -0.39 is 23.4 Å². The van der Waals surface area contributed by atoms with Crippen molar-refractivity contribution in [3.8, 4) is 0 Å². The van der Waals surface area contributed by atoms with Crippen molar-refractivity contribution in [2.24, 2.45) is 11.8 Å². The number of ether oxygens (including phenoxy) is 1. The molecule has 1 N–H and O–H groups in total. The molecule has 0 radical (unpaired) electrons. The van der Waals surface area contributed by atoms with Crippen LogP contribution in [0.1, 0.15) is 18.9 Å². The number of nitrogens with one attached hydrogen (secondary N) is 1. The highest BCUT2D eigenvalue weighted by Gasteiger charge is 2.40. The third-order valence-corrected chi connectivity index (χ3v) is 3.38. The van der Waals surface area contributed by atoms with Gasteiger partial charge < -0.3 is 10.1 Å². The Bertz CT molecular complexity index is 599. The monoisotopic (exact) mass is 292 g/mol. The molecule has 1 aromatic rings. The molecule has 0 saturated heterocycles. The van der Waals surface area contributed by atoms with Gasteiger partial charge in [-0.1, -0.05) is 13.0 Å². The van der Waals surface area contributed by atoms with Gasteiger partial charge in [0.25, 0.3) is 11.6 Å². The van der Waals surface area contributed by atoms with E-state index >= 15 is 0 Å². The molecule has 112 valence electrons. The maximum Gasteiger partial charge on any atom is 0.309 e. The van der Waals surface area contributed by atoms with E-state index in [1.165, 1.54) is 12.1 Å². The number of nitro groups is 1. The van der Waals surface area contributed by atoms with Gasteiger partial charge in [-0.2, -0.15) is 0 Å². The number of hydrogen-bond acceptors (Lipinski definition) is 5. The second kappa shape index (κ2) is 5.90. The van der Waals surface area contributed by atoms with Gasteiger partial charge in [-0.05, 0) is 30.9 Å². The molecule has 0 unspecified atom stereocenters. The molecular weight excluding hydrogens is 276 g/mol. The molecule has 2 rings (SSSR count). The molecule has 1 aromatic carbocycles. The summed E-state index contributed by atoms with van der Waals surface area (Å²) in [6.07, 6.45) is 0.782. The van der Waals surface area contributed by atoms with Gasteiger partial charge in [0.1, 0.15) is 5.69 Å². The van der Waals surface area contributed by atoms with Gasteiger partial charge in [0.05, 0.1) is 10.8 Å². The van der Waals surface area contributed by atoms with Gasteiger partial charge >= 0.3 is 5.97 Å². The van der Waals surface area contributed by atoms with Crippen molar-refractivity contribution in [2.45, 2.75) is 20.3 Å². The number of hydrogen-bond donors (Lipinski definition) is 1. The second-order valence-electron chi connectivity index (χ2n) is 5.25. The summed E-state index contributed by atoms with van der Waals surface area (Å²) in [5.74, 6) is -0.801. The fourth-order valence-corrected chi connectivity index (χ4v) is 1.98. The minimum Gasteiger partial charge on any atom is -0.455 e. The molecule has 21 heavy (non-hydrogen) atoms. The van der Waals surface area contributed by atoms with E-state index in [1.54, 1.807) is 13.0 Å². The van der Waals surface area contributed by atoms with E-state index in [0.717, 1.165) is 6.42 Å². The molecule has 1 fully saturated rings. The Morgan fingerprint density at radius 2 is 2.14 bits per heavy atom. The Labute approximate surface area is 121 Å². The standard InChI is InChI=1S/C14H16N2O5/c1-8-3-4-11(12(5-8)16(19)20)15-13(17)7-21-14(18)10-6-9(10)2/h3-5,9-10H,6-7H2,1-2H3,(H,15,17)/t9-,10+/m1/s1. The van der Waals surface area contributed by atoms with Crippen molar-refractivity contribution < 1.29 is 19.2 Å². The predicted octanol–water partition coefficient (Wildman–Crippen LogP) is 2.04. The fraction of sp³-hybridized carbons (Fsp3) is 0.429.